The van der Waals surface area contributed by atoms with Crippen LogP contribution in [0.4, 0.5) is 0 Å². The van der Waals surface area contributed by atoms with E-state index in [2.05, 4.69) is 5.32 Å². The Hall–Kier alpha value is -2.01. The van der Waals surface area contributed by atoms with Crippen LogP contribution in [-0.2, 0) is 0 Å². The first-order valence-electron chi connectivity index (χ1n) is 7.34. The number of rotatable bonds is 5. The van der Waals surface area contributed by atoms with Crippen molar-refractivity contribution in [2.75, 3.05) is 13.7 Å². The van der Waals surface area contributed by atoms with Gasteiger partial charge in [0.05, 0.1) is 12.7 Å². The third kappa shape index (κ3) is 3.09. The Morgan fingerprint density at radius 3 is 2.73 bits per heavy atom. The van der Waals surface area contributed by atoms with Crippen molar-refractivity contribution in [3.05, 3.63) is 29.5 Å². The average Bonchev–Trinajstić information content (AvgIpc) is 2.81. The molecule has 0 spiro atoms. The van der Waals surface area contributed by atoms with Crippen LogP contribution in [0.2, 0.25) is 0 Å². The van der Waals surface area contributed by atoms with Gasteiger partial charge in [-0.25, -0.2) is 0 Å². The van der Waals surface area contributed by atoms with Gasteiger partial charge in [-0.15, -0.1) is 0 Å². The maximum absolute atomic E-state index is 12.3. The summed E-state index contributed by atoms with van der Waals surface area (Å²) in [6, 6.07) is 5.41. The van der Waals surface area contributed by atoms with Crippen LogP contribution in [-0.4, -0.2) is 30.3 Å². The number of carbonyl (C=O) groups is 1. The van der Waals surface area contributed by atoms with E-state index in [1.807, 2.05) is 26.8 Å². The van der Waals surface area contributed by atoms with Crippen LogP contribution in [0.3, 0.4) is 0 Å². The molecule has 1 amide bonds. The number of fused-ring (bicyclic) bond motifs is 1. The number of carbonyl (C=O) groups excluding carboxylic acids is 1. The third-order valence-corrected chi connectivity index (χ3v) is 4.20. The highest BCUT2D eigenvalue weighted by Crippen LogP contribution is 2.28. The Morgan fingerprint density at radius 2 is 2.14 bits per heavy atom. The SMILES string of the molecule is COc1ccc2oc(C(=O)NCC(C)(O)C(C)C)c(C)c2c1. The standard InChI is InChI=1S/C17H23NO4/c1-10(2)17(4,20)9-18-16(19)15-11(3)13-8-12(21-5)6-7-14(13)22-15/h6-8,10,20H,9H2,1-5H3,(H,18,19). The van der Waals surface area contributed by atoms with Gasteiger partial charge < -0.3 is 19.6 Å². The van der Waals surface area contributed by atoms with E-state index in [1.165, 1.54) is 0 Å². The number of amides is 1. The fourth-order valence-corrected chi connectivity index (χ4v) is 2.09. The van der Waals surface area contributed by atoms with Gasteiger partial charge in [-0.2, -0.15) is 0 Å². The summed E-state index contributed by atoms with van der Waals surface area (Å²) in [4.78, 5) is 12.3. The summed E-state index contributed by atoms with van der Waals surface area (Å²) in [6.07, 6.45) is 0. The van der Waals surface area contributed by atoms with Crippen molar-refractivity contribution in [3.63, 3.8) is 0 Å². The van der Waals surface area contributed by atoms with Crippen LogP contribution in [0.25, 0.3) is 11.0 Å². The molecule has 1 atom stereocenters. The summed E-state index contributed by atoms with van der Waals surface area (Å²) >= 11 is 0. The molecule has 5 nitrogen and oxygen atoms in total. The average molecular weight is 305 g/mol. The fourth-order valence-electron chi connectivity index (χ4n) is 2.09. The number of furan rings is 1. The van der Waals surface area contributed by atoms with E-state index in [9.17, 15) is 9.90 Å². The summed E-state index contributed by atoms with van der Waals surface area (Å²) in [5.74, 6) is 0.691. The van der Waals surface area contributed by atoms with Crippen molar-refractivity contribution in [3.8, 4) is 5.75 Å². The van der Waals surface area contributed by atoms with Crippen LogP contribution in [0, 0.1) is 12.8 Å². The topological polar surface area (TPSA) is 71.7 Å². The molecule has 0 aliphatic rings. The monoisotopic (exact) mass is 305 g/mol. The fraction of sp³-hybridized carbons (Fsp3) is 0.471. The Kier molecular flexibility index (Phi) is 4.47. The minimum absolute atomic E-state index is 0.0360. The van der Waals surface area contributed by atoms with Crippen molar-refractivity contribution >= 4 is 16.9 Å². The number of aryl methyl sites for hydroxylation is 1. The van der Waals surface area contributed by atoms with Crippen molar-refractivity contribution in [2.45, 2.75) is 33.3 Å². The zero-order valence-electron chi connectivity index (χ0n) is 13.7. The molecule has 1 aromatic carbocycles. The number of ether oxygens (including phenoxy) is 1. The first kappa shape index (κ1) is 16.4. The highest BCUT2D eigenvalue weighted by molar-refractivity contribution is 5.99. The molecule has 0 bridgehead atoms. The molecule has 1 unspecified atom stereocenters. The summed E-state index contributed by atoms with van der Waals surface area (Å²) in [5.41, 5.74) is 0.438. The van der Waals surface area contributed by atoms with Gasteiger partial charge in [0.15, 0.2) is 5.76 Å². The number of nitrogens with one attached hydrogen (secondary N) is 1. The van der Waals surface area contributed by atoms with Crippen molar-refractivity contribution < 1.29 is 19.1 Å². The summed E-state index contributed by atoms with van der Waals surface area (Å²) < 4.78 is 10.8. The largest absolute Gasteiger partial charge is 0.497 e. The molecule has 120 valence electrons. The highest BCUT2D eigenvalue weighted by atomic mass is 16.5. The van der Waals surface area contributed by atoms with Crippen LogP contribution in [0.1, 0.15) is 36.9 Å². The lowest BCUT2D eigenvalue weighted by atomic mass is 9.92. The van der Waals surface area contributed by atoms with Gasteiger partial charge in [-0.1, -0.05) is 13.8 Å². The molecule has 1 aromatic heterocycles. The summed E-state index contributed by atoms with van der Waals surface area (Å²) in [5, 5.41) is 13.8. The quantitative estimate of drug-likeness (QED) is 0.891. The zero-order valence-corrected chi connectivity index (χ0v) is 13.7. The molecule has 22 heavy (non-hydrogen) atoms. The Morgan fingerprint density at radius 1 is 1.45 bits per heavy atom. The van der Waals surface area contributed by atoms with E-state index < -0.39 is 5.60 Å². The van der Waals surface area contributed by atoms with Gasteiger partial charge >= 0.3 is 0 Å². The normalized spacial score (nSPS) is 14.1. The number of hydrogen-bond acceptors (Lipinski definition) is 4. The van der Waals surface area contributed by atoms with Gasteiger partial charge in [0.25, 0.3) is 5.91 Å². The van der Waals surface area contributed by atoms with Crippen molar-refractivity contribution in [1.29, 1.82) is 0 Å². The molecule has 2 rings (SSSR count). The highest BCUT2D eigenvalue weighted by Gasteiger charge is 2.27. The molecule has 2 aromatic rings. The number of hydrogen-bond donors (Lipinski definition) is 2. The van der Waals surface area contributed by atoms with E-state index in [0.717, 1.165) is 10.9 Å². The number of methoxy groups -OCH3 is 1. The van der Waals surface area contributed by atoms with Crippen LogP contribution in [0.5, 0.6) is 5.75 Å². The Labute approximate surface area is 130 Å². The van der Waals surface area contributed by atoms with Crippen LogP contribution in [0.15, 0.2) is 22.6 Å². The first-order chi connectivity index (χ1) is 10.3. The van der Waals surface area contributed by atoms with Gasteiger partial charge in [0.2, 0.25) is 0 Å². The lowest BCUT2D eigenvalue weighted by Crippen LogP contribution is -2.44. The first-order valence-corrected chi connectivity index (χ1v) is 7.34. The molecule has 2 N–H and O–H groups in total. The Balaban J connectivity index is 2.23. The lowest BCUT2D eigenvalue weighted by molar-refractivity contribution is 0.0139. The molecule has 1 heterocycles. The Bertz CT molecular complexity index is 685. The van der Waals surface area contributed by atoms with Gasteiger partial charge in [0, 0.05) is 17.5 Å². The van der Waals surface area contributed by atoms with E-state index in [-0.39, 0.29) is 24.1 Å². The second-order valence-electron chi connectivity index (χ2n) is 6.11. The van der Waals surface area contributed by atoms with E-state index >= 15 is 0 Å². The van der Waals surface area contributed by atoms with Gasteiger partial charge in [-0.3, -0.25) is 4.79 Å². The second kappa shape index (κ2) is 6.01. The predicted octanol–water partition coefficient (Wildman–Crippen LogP) is 2.89. The maximum atomic E-state index is 12.3. The van der Waals surface area contributed by atoms with E-state index in [1.54, 1.807) is 26.2 Å². The molecule has 0 aliphatic heterocycles. The zero-order chi connectivity index (χ0) is 16.5. The molecule has 0 aliphatic carbocycles. The molecule has 5 heteroatoms. The molecular weight excluding hydrogens is 282 g/mol. The molecular formula is C17H23NO4. The van der Waals surface area contributed by atoms with Crippen LogP contribution < -0.4 is 10.1 Å². The molecule has 0 saturated heterocycles. The van der Waals surface area contributed by atoms with Gasteiger partial charge in [0.1, 0.15) is 11.3 Å². The minimum Gasteiger partial charge on any atom is -0.497 e. The summed E-state index contributed by atoms with van der Waals surface area (Å²) in [7, 11) is 1.60. The second-order valence-corrected chi connectivity index (χ2v) is 6.11. The lowest BCUT2D eigenvalue weighted by Gasteiger charge is -2.27. The van der Waals surface area contributed by atoms with Gasteiger partial charge in [-0.05, 0) is 38.0 Å². The van der Waals surface area contributed by atoms with E-state index in [4.69, 9.17) is 9.15 Å². The number of benzene rings is 1. The predicted molar refractivity (Wildman–Crippen MR) is 85.3 cm³/mol. The minimum atomic E-state index is -0.960. The molecule has 0 saturated carbocycles. The van der Waals surface area contributed by atoms with Crippen molar-refractivity contribution in [2.24, 2.45) is 5.92 Å². The van der Waals surface area contributed by atoms with Crippen LogP contribution >= 0.6 is 0 Å². The molecule has 0 radical (unpaired) electrons. The van der Waals surface area contributed by atoms with E-state index in [0.29, 0.717) is 11.3 Å². The molecule has 0 fully saturated rings. The smallest absolute Gasteiger partial charge is 0.287 e. The number of aliphatic hydroxyl groups is 1. The third-order valence-electron chi connectivity index (χ3n) is 4.20. The maximum Gasteiger partial charge on any atom is 0.287 e. The van der Waals surface area contributed by atoms with Crippen molar-refractivity contribution in [1.82, 2.24) is 5.32 Å². The summed E-state index contributed by atoms with van der Waals surface area (Å²) in [6.45, 7) is 7.52.